The maximum atomic E-state index is 12.0. The van der Waals surface area contributed by atoms with Crippen LogP contribution in [0.25, 0.3) is 0 Å². The summed E-state index contributed by atoms with van der Waals surface area (Å²) in [5, 5.41) is 1.76. The highest BCUT2D eigenvalue weighted by molar-refractivity contribution is 5.74. The van der Waals surface area contributed by atoms with Crippen LogP contribution in [0.5, 0.6) is 0 Å². The lowest BCUT2D eigenvalue weighted by Crippen LogP contribution is -2.33. The van der Waals surface area contributed by atoms with E-state index in [1.807, 2.05) is 20.8 Å². The lowest BCUT2D eigenvalue weighted by molar-refractivity contribution is -0.161. The van der Waals surface area contributed by atoms with Crippen molar-refractivity contribution >= 4 is 5.97 Å². The zero-order valence-electron chi connectivity index (χ0n) is 10.4. The normalized spacial score (nSPS) is 31.8. The zero-order valence-corrected chi connectivity index (χ0v) is 10.4. The first kappa shape index (κ1) is 11.9. The zero-order chi connectivity index (χ0) is 11.9. The number of carbonyl (C=O) groups excluding carboxylic acids is 1. The molecular formula is C12H22N2O2. The van der Waals surface area contributed by atoms with Gasteiger partial charge in [-0.3, -0.25) is 10.6 Å². The van der Waals surface area contributed by atoms with E-state index in [9.17, 15) is 4.79 Å². The summed E-state index contributed by atoms with van der Waals surface area (Å²) in [6.07, 6.45) is 2.50. The minimum Gasteiger partial charge on any atom is -0.460 e. The fourth-order valence-electron chi connectivity index (χ4n) is 2.49. The van der Waals surface area contributed by atoms with Crippen LogP contribution in [0.2, 0.25) is 0 Å². The van der Waals surface area contributed by atoms with E-state index in [0.29, 0.717) is 18.4 Å². The smallest absolute Gasteiger partial charge is 0.311 e. The Hall–Kier alpha value is -0.610. The van der Waals surface area contributed by atoms with Gasteiger partial charge >= 0.3 is 5.97 Å². The van der Waals surface area contributed by atoms with Gasteiger partial charge in [-0.15, -0.1) is 0 Å². The summed E-state index contributed by atoms with van der Waals surface area (Å²) in [5.74, 6) is 6.84. The largest absolute Gasteiger partial charge is 0.460 e. The van der Waals surface area contributed by atoms with Crippen LogP contribution in [-0.2, 0) is 9.53 Å². The third-order valence-corrected chi connectivity index (χ3v) is 3.33. The summed E-state index contributed by atoms with van der Waals surface area (Å²) in [7, 11) is 0. The molecule has 0 aromatic rings. The van der Waals surface area contributed by atoms with Gasteiger partial charge in [-0.05, 0) is 45.4 Å². The molecule has 4 nitrogen and oxygen atoms in total. The quantitative estimate of drug-likeness (QED) is 0.567. The highest BCUT2D eigenvalue weighted by atomic mass is 16.6. The van der Waals surface area contributed by atoms with Crippen molar-refractivity contribution in [3.8, 4) is 0 Å². The Balaban J connectivity index is 1.98. The van der Waals surface area contributed by atoms with Gasteiger partial charge in [-0.2, -0.15) is 0 Å². The van der Waals surface area contributed by atoms with Gasteiger partial charge < -0.3 is 4.74 Å². The Morgan fingerprint density at radius 2 is 1.94 bits per heavy atom. The molecule has 2 atom stereocenters. The molecule has 0 bridgehead atoms. The van der Waals surface area contributed by atoms with Gasteiger partial charge in [0.2, 0.25) is 0 Å². The standard InChI is InChI=1S/C12H22N2O2/c1-12(2,3)16-11(15)10-7-14(13)6-9(10)8-4-5-8/h8-10H,4-7,13H2,1-3H3/t9-,10+/m0/s1. The van der Waals surface area contributed by atoms with Crippen LogP contribution in [0.15, 0.2) is 0 Å². The number of ether oxygens (including phenoxy) is 1. The number of rotatable bonds is 2. The summed E-state index contributed by atoms with van der Waals surface area (Å²) < 4.78 is 5.46. The number of esters is 1. The number of hydrogen-bond donors (Lipinski definition) is 1. The molecule has 2 fully saturated rings. The van der Waals surface area contributed by atoms with Gasteiger partial charge in [0.25, 0.3) is 0 Å². The van der Waals surface area contributed by atoms with Gasteiger partial charge in [-0.1, -0.05) is 0 Å². The fourth-order valence-corrected chi connectivity index (χ4v) is 2.49. The van der Waals surface area contributed by atoms with Crippen LogP contribution >= 0.6 is 0 Å². The first-order valence-electron chi connectivity index (χ1n) is 6.09. The molecule has 1 saturated carbocycles. The minimum atomic E-state index is -0.396. The van der Waals surface area contributed by atoms with Gasteiger partial charge in [-0.25, -0.2) is 5.01 Å². The first-order valence-corrected chi connectivity index (χ1v) is 6.09. The second-order valence-corrected chi connectivity index (χ2v) is 6.10. The van der Waals surface area contributed by atoms with Crippen molar-refractivity contribution in [2.45, 2.75) is 39.2 Å². The van der Waals surface area contributed by atoms with E-state index in [0.717, 1.165) is 6.54 Å². The molecule has 4 heteroatoms. The van der Waals surface area contributed by atoms with E-state index in [2.05, 4.69) is 0 Å². The Labute approximate surface area is 97.1 Å². The van der Waals surface area contributed by atoms with E-state index >= 15 is 0 Å². The van der Waals surface area contributed by atoms with Crippen molar-refractivity contribution in [3.63, 3.8) is 0 Å². The molecule has 1 saturated heterocycles. The van der Waals surface area contributed by atoms with Crippen LogP contribution in [-0.4, -0.2) is 29.7 Å². The van der Waals surface area contributed by atoms with E-state index < -0.39 is 5.60 Å². The number of nitrogens with zero attached hydrogens (tertiary/aromatic N) is 1. The van der Waals surface area contributed by atoms with E-state index in [1.165, 1.54) is 12.8 Å². The second kappa shape index (κ2) is 4.00. The van der Waals surface area contributed by atoms with E-state index in [-0.39, 0.29) is 11.9 Å². The maximum Gasteiger partial charge on any atom is 0.311 e. The Kier molecular flexibility index (Phi) is 2.97. The molecule has 2 N–H and O–H groups in total. The highest BCUT2D eigenvalue weighted by Gasteiger charge is 2.46. The van der Waals surface area contributed by atoms with Crippen molar-refractivity contribution in [3.05, 3.63) is 0 Å². The summed E-state index contributed by atoms with van der Waals surface area (Å²) in [6, 6.07) is 0. The topological polar surface area (TPSA) is 55.6 Å². The van der Waals surface area contributed by atoms with Crippen molar-refractivity contribution < 1.29 is 9.53 Å². The van der Waals surface area contributed by atoms with Crippen molar-refractivity contribution in [1.29, 1.82) is 0 Å². The molecule has 0 amide bonds. The van der Waals surface area contributed by atoms with E-state index in [1.54, 1.807) is 5.01 Å². The minimum absolute atomic E-state index is 0.0169. The van der Waals surface area contributed by atoms with Crippen molar-refractivity contribution in [1.82, 2.24) is 5.01 Å². The first-order chi connectivity index (χ1) is 7.37. The van der Waals surface area contributed by atoms with Crippen LogP contribution in [0.1, 0.15) is 33.6 Å². The predicted octanol–water partition coefficient (Wildman–Crippen LogP) is 1.16. The SMILES string of the molecule is CC(C)(C)OC(=O)[C@@H]1CN(N)C[C@H]1C1CC1. The molecule has 1 aliphatic carbocycles. The van der Waals surface area contributed by atoms with Gasteiger partial charge in [0.15, 0.2) is 0 Å². The number of nitrogens with two attached hydrogens (primary N) is 1. The Morgan fingerprint density at radius 3 is 2.44 bits per heavy atom. The third-order valence-electron chi connectivity index (χ3n) is 3.33. The van der Waals surface area contributed by atoms with Crippen molar-refractivity contribution in [2.75, 3.05) is 13.1 Å². The number of hydrogen-bond acceptors (Lipinski definition) is 4. The number of hydrazine groups is 1. The molecule has 1 heterocycles. The summed E-state index contributed by atoms with van der Waals surface area (Å²) >= 11 is 0. The van der Waals surface area contributed by atoms with Crippen LogP contribution < -0.4 is 5.84 Å². The molecule has 0 spiro atoms. The lowest BCUT2D eigenvalue weighted by Gasteiger charge is -2.24. The fraction of sp³-hybridized carbons (Fsp3) is 0.917. The van der Waals surface area contributed by atoms with Gasteiger partial charge in [0.05, 0.1) is 5.92 Å². The lowest BCUT2D eigenvalue weighted by atomic mass is 9.91. The average Bonchev–Trinajstić information content (AvgIpc) is 2.87. The summed E-state index contributed by atoms with van der Waals surface area (Å²) in [6.45, 7) is 7.22. The monoisotopic (exact) mass is 226 g/mol. The van der Waals surface area contributed by atoms with Crippen molar-refractivity contribution in [2.24, 2.45) is 23.6 Å². The highest BCUT2D eigenvalue weighted by Crippen LogP contribution is 2.43. The Bertz CT molecular complexity index is 281. The molecule has 0 aromatic carbocycles. The van der Waals surface area contributed by atoms with Crippen LogP contribution in [0, 0.1) is 17.8 Å². The van der Waals surface area contributed by atoms with Gasteiger partial charge in [0.1, 0.15) is 5.60 Å². The molecule has 0 radical (unpaired) electrons. The average molecular weight is 226 g/mol. The molecular weight excluding hydrogens is 204 g/mol. The predicted molar refractivity (Wildman–Crippen MR) is 61.3 cm³/mol. The Morgan fingerprint density at radius 1 is 1.31 bits per heavy atom. The second-order valence-electron chi connectivity index (χ2n) is 6.10. The molecule has 2 aliphatic rings. The maximum absolute atomic E-state index is 12.0. The molecule has 0 unspecified atom stereocenters. The molecule has 92 valence electrons. The van der Waals surface area contributed by atoms with Crippen LogP contribution in [0.3, 0.4) is 0 Å². The third kappa shape index (κ3) is 2.74. The molecule has 1 aliphatic heterocycles. The molecule has 16 heavy (non-hydrogen) atoms. The molecule has 0 aromatic heterocycles. The number of carbonyl (C=O) groups is 1. The van der Waals surface area contributed by atoms with Gasteiger partial charge in [0, 0.05) is 13.1 Å². The molecule has 2 rings (SSSR count). The summed E-state index contributed by atoms with van der Waals surface area (Å²) in [4.78, 5) is 12.0. The van der Waals surface area contributed by atoms with Crippen LogP contribution in [0.4, 0.5) is 0 Å². The summed E-state index contributed by atoms with van der Waals surface area (Å²) in [5.41, 5.74) is -0.396. The van der Waals surface area contributed by atoms with E-state index in [4.69, 9.17) is 10.6 Å².